The van der Waals surface area contributed by atoms with Crippen molar-refractivity contribution >= 4 is 65.0 Å². The largest absolute Gasteiger partial charge is 0.394 e. The summed E-state index contributed by atoms with van der Waals surface area (Å²) >= 11 is 0. The molecule has 0 aromatic heterocycles. The summed E-state index contributed by atoms with van der Waals surface area (Å²) in [5.41, 5.74) is -1.48. The molecule has 2 heterocycles. The topological polar surface area (TPSA) is 585 Å². The van der Waals surface area contributed by atoms with Gasteiger partial charge in [0.05, 0.1) is 72.1 Å². The molecule has 40 heteroatoms. The van der Waals surface area contributed by atoms with E-state index >= 15 is 0 Å². The second-order valence-corrected chi connectivity index (χ2v) is 26.2. The summed E-state index contributed by atoms with van der Waals surface area (Å²) in [5.74, 6) is -4.13. The lowest BCUT2D eigenvalue weighted by molar-refractivity contribution is -0.270. The van der Waals surface area contributed by atoms with Crippen LogP contribution in [-0.4, -0.2) is 335 Å². The highest BCUT2D eigenvalue weighted by Crippen LogP contribution is 2.25. The minimum Gasteiger partial charge on any atom is -0.394 e. The number of nitrogens with one attached hydrogen (secondary N) is 11. The van der Waals surface area contributed by atoms with Crippen LogP contribution in [0.1, 0.15) is 143 Å². The molecule has 0 aliphatic carbocycles. The Bertz CT molecular complexity index is 2530. The van der Waals surface area contributed by atoms with Crippen LogP contribution >= 0.6 is 0 Å². The monoisotopic (exact) mass is 1560 g/mol. The van der Waals surface area contributed by atoms with Crippen LogP contribution in [0.4, 0.5) is 0 Å². The van der Waals surface area contributed by atoms with E-state index in [1.165, 1.54) is 27.8 Å². The van der Waals surface area contributed by atoms with E-state index in [0.717, 1.165) is 0 Å². The fourth-order valence-corrected chi connectivity index (χ4v) is 10.8. The van der Waals surface area contributed by atoms with Crippen molar-refractivity contribution in [2.24, 2.45) is 0 Å². The van der Waals surface area contributed by atoms with E-state index < -0.39 is 153 Å². The number of hydrogen-bond acceptors (Lipinski definition) is 29. The van der Waals surface area contributed by atoms with Crippen molar-refractivity contribution in [1.29, 1.82) is 0 Å². The zero-order valence-electron chi connectivity index (χ0n) is 62.9. The molecule has 0 spiro atoms. The summed E-state index contributed by atoms with van der Waals surface area (Å²) < 4.78 is 51.9. The molecule has 2 saturated heterocycles. The zero-order chi connectivity index (χ0) is 80.2. The van der Waals surface area contributed by atoms with E-state index in [1.807, 2.05) is 0 Å². The molecule has 11 amide bonds. The fraction of sp³-hybridized carbons (Fsp3) is 0.838. The Morgan fingerprint density at radius 1 is 0.426 bits per heavy atom. The molecule has 0 aromatic rings. The number of carbonyl (C=O) groups is 11. The molecule has 624 valence electrons. The number of aliphatic hydroxyl groups is 9. The molecular formula is C68H123N11O29. The van der Waals surface area contributed by atoms with Gasteiger partial charge in [-0.05, 0) is 71.1 Å². The van der Waals surface area contributed by atoms with Crippen LogP contribution in [0.25, 0.3) is 0 Å². The molecule has 40 nitrogen and oxygen atoms in total. The van der Waals surface area contributed by atoms with E-state index in [0.29, 0.717) is 57.8 Å². The Balaban J connectivity index is 1.97. The summed E-state index contributed by atoms with van der Waals surface area (Å²) in [7, 11) is 1.46. The Morgan fingerprint density at radius 2 is 0.787 bits per heavy atom. The molecule has 20 N–H and O–H groups in total. The Hall–Kier alpha value is -6.55. The number of ether oxygens (including phenoxy) is 9. The van der Waals surface area contributed by atoms with Gasteiger partial charge in [-0.25, -0.2) is 0 Å². The maximum absolute atomic E-state index is 13.6. The Labute approximate surface area is 629 Å². The highest BCUT2D eigenvalue weighted by atomic mass is 16.7. The molecule has 0 aromatic carbocycles. The minimum atomic E-state index is -1.48. The van der Waals surface area contributed by atoms with Gasteiger partial charge in [-0.2, -0.15) is 0 Å². The number of amides is 11. The lowest BCUT2D eigenvalue weighted by atomic mass is 9.97. The summed E-state index contributed by atoms with van der Waals surface area (Å²) in [6.07, 6.45) is -10.5. The highest BCUT2D eigenvalue weighted by Gasteiger charge is 2.47. The zero-order valence-corrected chi connectivity index (χ0v) is 62.9. The molecule has 2 fully saturated rings. The van der Waals surface area contributed by atoms with Crippen LogP contribution < -0.4 is 58.5 Å². The molecule has 2 aliphatic heterocycles. The van der Waals surface area contributed by atoms with Gasteiger partial charge in [0.2, 0.25) is 65.0 Å². The fourth-order valence-electron chi connectivity index (χ4n) is 10.8. The van der Waals surface area contributed by atoms with Crippen molar-refractivity contribution in [3.63, 3.8) is 0 Å². The van der Waals surface area contributed by atoms with Crippen molar-refractivity contribution in [2.75, 3.05) is 132 Å². The number of hydrogen-bond donors (Lipinski definition) is 20. The van der Waals surface area contributed by atoms with E-state index in [-0.39, 0.29) is 186 Å². The van der Waals surface area contributed by atoms with Crippen molar-refractivity contribution in [1.82, 2.24) is 58.5 Å². The van der Waals surface area contributed by atoms with E-state index in [1.54, 1.807) is 6.92 Å². The molecular weight excluding hydrogens is 1430 g/mol. The van der Waals surface area contributed by atoms with Gasteiger partial charge >= 0.3 is 0 Å². The molecule has 108 heavy (non-hydrogen) atoms. The van der Waals surface area contributed by atoms with E-state index in [4.69, 9.17) is 42.6 Å². The maximum atomic E-state index is 13.6. The highest BCUT2D eigenvalue weighted by molar-refractivity contribution is 5.80. The van der Waals surface area contributed by atoms with Gasteiger partial charge in [-0.15, -0.1) is 0 Å². The second kappa shape index (κ2) is 57.5. The molecule has 0 radical (unpaired) electrons. The van der Waals surface area contributed by atoms with Gasteiger partial charge < -0.3 is 147 Å². The van der Waals surface area contributed by atoms with Gasteiger partial charge in [-0.3, -0.25) is 52.7 Å². The number of carbonyl (C=O) groups excluding carboxylic acids is 11. The van der Waals surface area contributed by atoms with E-state index in [9.17, 15) is 98.7 Å². The minimum absolute atomic E-state index is 0.0377. The third kappa shape index (κ3) is 42.6. The first-order valence-electron chi connectivity index (χ1n) is 36.9. The third-order valence-corrected chi connectivity index (χ3v) is 16.7. The number of unbranched alkanes of at least 4 members (excludes halogenated alkanes) is 3. The number of rotatable bonds is 61. The van der Waals surface area contributed by atoms with Crippen LogP contribution in [0.15, 0.2) is 0 Å². The van der Waals surface area contributed by atoms with E-state index in [2.05, 4.69) is 58.5 Å². The van der Waals surface area contributed by atoms with Crippen molar-refractivity contribution in [2.45, 2.75) is 235 Å². The van der Waals surface area contributed by atoms with Crippen LogP contribution in [0.2, 0.25) is 0 Å². The lowest BCUT2D eigenvalue weighted by Crippen LogP contribution is -2.64. The first kappa shape index (κ1) is 97.5. The maximum Gasteiger partial charge on any atom is 0.222 e. The Morgan fingerprint density at radius 3 is 1.13 bits per heavy atom. The van der Waals surface area contributed by atoms with Gasteiger partial charge in [0.25, 0.3) is 0 Å². The van der Waals surface area contributed by atoms with Crippen LogP contribution in [0, 0.1) is 0 Å². The van der Waals surface area contributed by atoms with Gasteiger partial charge in [-0.1, -0.05) is 0 Å². The third-order valence-electron chi connectivity index (χ3n) is 16.7. The number of aliphatic hydroxyl groups excluding tert-OH is 9. The summed E-state index contributed by atoms with van der Waals surface area (Å²) in [6, 6.07) is -2.88. The van der Waals surface area contributed by atoms with Crippen LogP contribution in [-0.2, 0) is 95.4 Å². The molecule has 0 saturated carbocycles. The van der Waals surface area contributed by atoms with Gasteiger partial charge in [0.1, 0.15) is 66.5 Å². The van der Waals surface area contributed by atoms with Gasteiger partial charge in [0, 0.05) is 138 Å². The second-order valence-electron chi connectivity index (χ2n) is 26.2. The molecule has 0 bridgehead atoms. The summed E-state index contributed by atoms with van der Waals surface area (Å²) in [4.78, 5) is 137. The SMILES string of the molecule is CNC(=O)CCCC(=O)NC(COCCC(=O)NCCCNC(=O)CCCCO[C@H](OC(CO)[C@H](O)CO)[C@H](C)NC(C)=O)(COCCC(=O)NCCCNC(=O)CCCCO[C@@H]1OC(CO)[C@H](O)C(O)[C@@H]1NC(C)=O)COCCC(=O)NCCCNC(=O)CCCCO[C@@H]1OC(CO)[C@H](O)C(O)[C@@H]1NC(C)=O. The predicted molar refractivity (Wildman–Crippen MR) is 379 cm³/mol. The molecule has 2 rings (SSSR count). The van der Waals surface area contributed by atoms with Gasteiger partial charge in [0.15, 0.2) is 18.9 Å². The van der Waals surface area contributed by atoms with Crippen molar-refractivity contribution in [3.8, 4) is 0 Å². The Kier molecular flexibility index (Phi) is 51.9. The summed E-state index contributed by atoms with van der Waals surface area (Å²) in [5, 5.41) is 119. The van der Waals surface area contributed by atoms with Crippen molar-refractivity contribution in [3.05, 3.63) is 0 Å². The standard InChI is InChI=1S/C68H123N11O29/c1-43(76-44(2)84)65(106-48(37-81)47(87)36-80)103-30-9-6-16-52(89)70-24-13-27-73-55(92)21-33-100-40-68(79-58(95)20-12-19-51(88)69-5,41-101-34-22-56(93)74-28-14-25-71-53(90)17-7-10-31-104-66-59(77-45(3)85)63(98)61(96)49(38-82)107-66)42-102-35-23-57(94)75-29-15-26-72-54(91)18-8-11-32-105-67-60(78-46(4)86)64(99)62(97)50(39-83)108-67/h43,47-50,59-67,80-83,87,96-99H,6-42H2,1-5H3,(H,69,88)(H,70,89)(H,71,90)(H,72,91)(H,73,92)(H,74,93)(H,75,94)(H,76,84)(H,77,85)(H,78,86)(H,79,95)/t43-,47+,48?,49?,50?,59-,60-,61-,62-,63?,64?,65+,66+,67+,68?/m0/s1. The normalized spacial score (nSPS) is 21.5. The molecule has 2 aliphatic rings. The quantitative estimate of drug-likeness (QED) is 0.0199. The van der Waals surface area contributed by atoms with Crippen molar-refractivity contribution < 1.29 is 141 Å². The van der Waals surface area contributed by atoms with Crippen LogP contribution in [0.3, 0.4) is 0 Å². The average molecular weight is 1560 g/mol. The van der Waals surface area contributed by atoms with Crippen LogP contribution in [0.5, 0.6) is 0 Å². The smallest absolute Gasteiger partial charge is 0.222 e. The predicted octanol–water partition coefficient (Wildman–Crippen LogP) is -7.13. The average Bonchev–Trinajstić information content (AvgIpc) is 0.815. The lowest BCUT2D eigenvalue weighted by Gasteiger charge is -2.42. The molecule has 5 unspecified atom stereocenters. The first-order valence-corrected chi connectivity index (χ1v) is 36.9. The summed E-state index contributed by atoms with van der Waals surface area (Å²) in [6.45, 7) is 3.04. The first-order chi connectivity index (χ1) is 51.6. The molecule has 14 atom stereocenters.